The number of thiazole rings is 1. The number of carboxylic acids is 1. The molecule has 4 nitrogen and oxygen atoms in total. The van der Waals surface area contributed by atoms with Gasteiger partial charge >= 0.3 is 5.97 Å². The summed E-state index contributed by atoms with van der Waals surface area (Å²) >= 11 is 3.11. The van der Waals surface area contributed by atoms with Gasteiger partial charge in [-0.1, -0.05) is 11.8 Å². The number of aliphatic carboxylic acids is 1. The lowest BCUT2D eigenvalue weighted by Crippen LogP contribution is -2.54. The van der Waals surface area contributed by atoms with E-state index in [9.17, 15) is 9.90 Å². The Balaban J connectivity index is 2.05. The third-order valence-electron chi connectivity index (χ3n) is 3.12. The van der Waals surface area contributed by atoms with Crippen LogP contribution in [0.25, 0.3) is 0 Å². The van der Waals surface area contributed by atoms with Gasteiger partial charge in [-0.05, 0) is 32.7 Å². The molecule has 94 valence electrons. The van der Waals surface area contributed by atoms with Crippen molar-refractivity contribution in [1.29, 1.82) is 0 Å². The predicted octanol–water partition coefficient (Wildman–Crippen LogP) is 2.00. The van der Waals surface area contributed by atoms with E-state index in [4.69, 9.17) is 0 Å². The van der Waals surface area contributed by atoms with Crippen LogP contribution in [0.1, 0.15) is 18.5 Å². The van der Waals surface area contributed by atoms with Crippen molar-refractivity contribution in [3.8, 4) is 0 Å². The molecule has 0 bridgehead atoms. The lowest BCUT2D eigenvalue weighted by molar-refractivity contribution is -0.144. The summed E-state index contributed by atoms with van der Waals surface area (Å²) in [4.78, 5) is 15.8. The number of nitrogens with zero attached hydrogens (tertiary/aromatic N) is 1. The van der Waals surface area contributed by atoms with Gasteiger partial charge in [0.1, 0.15) is 9.88 Å². The van der Waals surface area contributed by atoms with Gasteiger partial charge < -0.3 is 10.4 Å². The Morgan fingerprint density at radius 3 is 2.88 bits per heavy atom. The molecule has 2 N–H and O–H groups in total. The molecule has 1 aliphatic rings. The van der Waals surface area contributed by atoms with Crippen LogP contribution < -0.4 is 5.32 Å². The Labute approximate surface area is 109 Å². The number of carboxylic acid groups (broad SMARTS) is 1. The number of aromatic nitrogens is 1. The van der Waals surface area contributed by atoms with Crippen LogP contribution in [0.4, 0.5) is 0 Å². The Bertz CT molecular complexity index is 417. The molecule has 1 fully saturated rings. The summed E-state index contributed by atoms with van der Waals surface area (Å²) in [7, 11) is 1.74. The van der Waals surface area contributed by atoms with Crippen molar-refractivity contribution >= 4 is 29.1 Å². The van der Waals surface area contributed by atoms with Gasteiger partial charge in [0.05, 0.1) is 0 Å². The SMILES string of the molecule is CNC(CSc1nc(C)cs1)(C(=O)O)C1CC1. The molecular formula is C11H16N2O2S2. The first-order valence-electron chi connectivity index (χ1n) is 5.55. The zero-order chi connectivity index (χ0) is 12.5. The van der Waals surface area contributed by atoms with Crippen LogP contribution in [0.5, 0.6) is 0 Å². The standard InChI is InChI=1S/C11H16N2O2S2/c1-7-5-16-10(13-7)17-6-11(12-2,9(14)15)8-3-4-8/h5,8,12H,3-4,6H2,1-2H3,(H,14,15). The summed E-state index contributed by atoms with van der Waals surface area (Å²) < 4.78 is 0.948. The third-order valence-corrected chi connectivity index (χ3v) is 5.46. The van der Waals surface area contributed by atoms with Crippen LogP contribution >= 0.6 is 23.1 Å². The number of likely N-dealkylation sites (N-methyl/N-ethyl adjacent to an activating group) is 1. The largest absolute Gasteiger partial charge is 0.480 e. The minimum Gasteiger partial charge on any atom is -0.480 e. The van der Waals surface area contributed by atoms with Crippen molar-refractivity contribution in [1.82, 2.24) is 10.3 Å². The molecule has 1 unspecified atom stereocenters. The molecule has 1 saturated carbocycles. The summed E-state index contributed by atoms with van der Waals surface area (Å²) in [6, 6.07) is 0. The van der Waals surface area contributed by atoms with Gasteiger partial charge in [-0.25, -0.2) is 4.98 Å². The maximum absolute atomic E-state index is 11.5. The van der Waals surface area contributed by atoms with E-state index in [0.29, 0.717) is 5.75 Å². The quantitative estimate of drug-likeness (QED) is 0.776. The molecule has 17 heavy (non-hydrogen) atoms. The van der Waals surface area contributed by atoms with E-state index in [1.54, 1.807) is 18.4 Å². The van der Waals surface area contributed by atoms with Crippen molar-refractivity contribution < 1.29 is 9.90 Å². The first-order chi connectivity index (χ1) is 8.08. The van der Waals surface area contributed by atoms with Crippen molar-refractivity contribution in [2.75, 3.05) is 12.8 Å². The molecule has 2 rings (SSSR count). The highest BCUT2D eigenvalue weighted by atomic mass is 32.2. The van der Waals surface area contributed by atoms with Crippen LogP contribution in [0.15, 0.2) is 9.72 Å². The molecule has 0 aliphatic heterocycles. The van der Waals surface area contributed by atoms with Gasteiger partial charge in [0.15, 0.2) is 0 Å². The highest BCUT2D eigenvalue weighted by Gasteiger charge is 2.50. The van der Waals surface area contributed by atoms with Gasteiger partial charge in [-0.15, -0.1) is 11.3 Å². The summed E-state index contributed by atoms with van der Waals surface area (Å²) in [6.45, 7) is 1.95. The summed E-state index contributed by atoms with van der Waals surface area (Å²) in [5, 5.41) is 14.4. The number of nitrogens with one attached hydrogen (secondary N) is 1. The first-order valence-corrected chi connectivity index (χ1v) is 7.42. The monoisotopic (exact) mass is 272 g/mol. The number of aryl methyl sites for hydroxylation is 1. The van der Waals surface area contributed by atoms with Gasteiger partial charge in [-0.3, -0.25) is 4.79 Å². The second kappa shape index (κ2) is 4.96. The molecule has 0 radical (unpaired) electrons. The average Bonchev–Trinajstić information content (AvgIpc) is 3.04. The zero-order valence-electron chi connectivity index (χ0n) is 9.90. The highest BCUT2D eigenvalue weighted by Crippen LogP contribution is 2.42. The Kier molecular flexibility index (Phi) is 3.75. The fourth-order valence-electron chi connectivity index (χ4n) is 1.89. The number of thioether (sulfide) groups is 1. The van der Waals surface area contributed by atoms with Crippen molar-refractivity contribution in [2.24, 2.45) is 5.92 Å². The molecule has 0 spiro atoms. The second-order valence-corrected chi connectivity index (χ2v) is 6.42. The molecule has 1 heterocycles. The smallest absolute Gasteiger partial charge is 0.325 e. The molecule has 0 amide bonds. The molecule has 0 saturated heterocycles. The molecule has 1 aromatic rings. The average molecular weight is 272 g/mol. The summed E-state index contributed by atoms with van der Waals surface area (Å²) in [5.41, 5.74) is 0.207. The van der Waals surface area contributed by atoms with E-state index in [-0.39, 0.29) is 5.92 Å². The van der Waals surface area contributed by atoms with E-state index in [1.807, 2.05) is 12.3 Å². The van der Waals surface area contributed by atoms with Gasteiger partial charge in [0.25, 0.3) is 0 Å². The lowest BCUT2D eigenvalue weighted by Gasteiger charge is -2.28. The van der Waals surface area contributed by atoms with Gasteiger partial charge in [0.2, 0.25) is 0 Å². The van der Waals surface area contributed by atoms with E-state index in [1.165, 1.54) is 11.8 Å². The molecule has 1 aromatic heterocycles. The molecule has 0 aromatic carbocycles. The van der Waals surface area contributed by atoms with E-state index in [2.05, 4.69) is 10.3 Å². The van der Waals surface area contributed by atoms with Gasteiger partial charge in [-0.2, -0.15) is 0 Å². The second-order valence-electron chi connectivity index (χ2n) is 4.34. The Hall–Kier alpha value is -0.590. The van der Waals surface area contributed by atoms with Crippen LogP contribution in [0.2, 0.25) is 0 Å². The molecule has 6 heteroatoms. The molecule has 1 aliphatic carbocycles. The maximum Gasteiger partial charge on any atom is 0.325 e. The minimum atomic E-state index is -0.787. The predicted molar refractivity (Wildman–Crippen MR) is 69.7 cm³/mol. The van der Waals surface area contributed by atoms with Gasteiger partial charge in [0, 0.05) is 16.8 Å². The van der Waals surface area contributed by atoms with Crippen LogP contribution in [0, 0.1) is 12.8 Å². The lowest BCUT2D eigenvalue weighted by atomic mass is 9.96. The van der Waals surface area contributed by atoms with Crippen molar-refractivity contribution in [3.05, 3.63) is 11.1 Å². The number of hydrogen-bond donors (Lipinski definition) is 2. The minimum absolute atomic E-state index is 0.263. The van der Waals surface area contributed by atoms with Crippen molar-refractivity contribution in [3.63, 3.8) is 0 Å². The van der Waals surface area contributed by atoms with Crippen molar-refractivity contribution in [2.45, 2.75) is 29.6 Å². The number of rotatable bonds is 6. The van der Waals surface area contributed by atoms with E-state index in [0.717, 1.165) is 22.9 Å². The highest BCUT2D eigenvalue weighted by molar-refractivity contribution is 8.01. The summed E-state index contributed by atoms with van der Waals surface area (Å²) in [5.74, 6) is 0.0537. The molecule has 1 atom stereocenters. The number of hydrogen-bond acceptors (Lipinski definition) is 5. The third kappa shape index (κ3) is 2.64. The number of carbonyl (C=O) groups is 1. The van der Waals surface area contributed by atoms with Crippen LogP contribution in [-0.4, -0.2) is 34.4 Å². The van der Waals surface area contributed by atoms with Crippen LogP contribution in [-0.2, 0) is 4.79 Å². The first kappa shape index (κ1) is 12.9. The Morgan fingerprint density at radius 2 is 2.47 bits per heavy atom. The topological polar surface area (TPSA) is 62.2 Å². The van der Waals surface area contributed by atoms with E-state index >= 15 is 0 Å². The fraction of sp³-hybridized carbons (Fsp3) is 0.636. The van der Waals surface area contributed by atoms with E-state index < -0.39 is 11.5 Å². The maximum atomic E-state index is 11.5. The molecular weight excluding hydrogens is 256 g/mol. The normalized spacial score (nSPS) is 18.9. The fourth-order valence-corrected chi connectivity index (χ4v) is 4.07. The Morgan fingerprint density at radius 1 is 1.76 bits per heavy atom. The van der Waals surface area contributed by atoms with Crippen LogP contribution in [0.3, 0.4) is 0 Å². The zero-order valence-corrected chi connectivity index (χ0v) is 11.5. The summed E-state index contributed by atoms with van der Waals surface area (Å²) in [6.07, 6.45) is 2.01.